The first-order valence-corrected chi connectivity index (χ1v) is 7.40. The van der Waals surface area contributed by atoms with Crippen LogP contribution in [0.15, 0.2) is 46.0 Å². The average molecular weight is 284 g/mol. The first kappa shape index (κ1) is 13.7. The quantitative estimate of drug-likeness (QED) is 0.654. The Morgan fingerprint density at radius 1 is 1.33 bits per heavy atom. The molecule has 1 fully saturated rings. The molecule has 3 rings (SSSR count). The minimum atomic E-state index is 0.512. The fraction of sp³-hybridized carbons (Fsp3) is 0.375. The zero-order valence-electron chi connectivity index (χ0n) is 12.2. The summed E-state index contributed by atoms with van der Waals surface area (Å²) in [7, 11) is 0. The van der Waals surface area contributed by atoms with Crippen molar-refractivity contribution in [2.24, 2.45) is 4.99 Å². The van der Waals surface area contributed by atoms with Crippen LogP contribution in [0, 0.1) is 0 Å². The smallest absolute Gasteiger partial charge is 0.226 e. The van der Waals surface area contributed by atoms with Gasteiger partial charge in [-0.25, -0.2) is 9.98 Å². The molecule has 1 heterocycles. The molecule has 0 unspecified atom stereocenters. The van der Waals surface area contributed by atoms with Gasteiger partial charge in [0.05, 0.1) is 6.54 Å². The number of hydrogen-bond donors (Lipinski definition) is 2. The van der Waals surface area contributed by atoms with E-state index in [1.807, 2.05) is 30.3 Å². The van der Waals surface area contributed by atoms with Crippen LogP contribution in [0.25, 0.3) is 11.5 Å². The third kappa shape index (κ3) is 3.84. The number of oxazole rings is 1. The van der Waals surface area contributed by atoms with Gasteiger partial charge in [0.25, 0.3) is 0 Å². The van der Waals surface area contributed by atoms with E-state index in [0.29, 0.717) is 18.5 Å². The van der Waals surface area contributed by atoms with Gasteiger partial charge in [0.2, 0.25) is 5.89 Å². The second-order valence-electron chi connectivity index (χ2n) is 5.12. The second kappa shape index (κ2) is 6.43. The minimum absolute atomic E-state index is 0.512. The Balaban J connectivity index is 1.65. The average Bonchev–Trinajstić information content (AvgIpc) is 3.20. The van der Waals surface area contributed by atoms with E-state index in [2.05, 4.69) is 27.5 Å². The van der Waals surface area contributed by atoms with E-state index in [4.69, 9.17) is 4.42 Å². The monoisotopic (exact) mass is 284 g/mol. The van der Waals surface area contributed by atoms with Gasteiger partial charge in [0.15, 0.2) is 5.96 Å². The van der Waals surface area contributed by atoms with Gasteiger partial charge in [-0.3, -0.25) is 0 Å². The Labute approximate surface area is 124 Å². The fourth-order valence-electron chi connectivity index (χ4n) is 1.99. The lowest BCUT2D eigenvalue weighted by Crippen LogP contribution is -2.38. The Morgan fingerprint density at radius 2 is 2.14 bits per heavy atom. The van der Waals surface area contributed by atoms with Crippen molar-refractivity contribution in [1.29, 1.82) is 0 Å². The highest BCUT2D eigenvalue weighted by atomic mass is 16.3. The lowest BCUT2D eigenvalue weighted by atomic mass is 10.2. The molecule has 1 aliphatic rings. The van der Waals surface area contributed by atoms with Gasteiger partial charge in [0, 0.05) is 18.2 Å². The predicted molar refractivity (Wildman–Crippen MR) is 82.9 cm³/mol. The molecule has 21 heavy (non-hydrogen) atoms. The van der Waals surface area contributed by atoms with Gasteiger partial charge >= 0.3 is 0 Å². The second-order valence-corrected chi connectivity index (χ2v) is 5.12. The standard InChI is InChI=1S/C16H20N4O/c1-2-17-16(20-13-8-9-13)18-10-14-11-21-15(19-14)12-6-4-3-5-7-12/h3-7,11,13H,2,8-10H2,1H3,(H2,17,18,20). The fourth-order valence-corrected chi connectivity index (χ4v) is 1.99. The number of aliphatic imine (C=N–C) groups is 1. The van der Waals surface area contributed by atoms with Crippen LogP contribution >= 0.6 is 0 Å². The maximum Gasteiger partial charge on any atom is 0.226 e. The van der Waals surface area contributed by atoms with Gasteiger partial charge in [-0.1, -0.05) is 18.2 Å². The third-order valence-electron chi connectivity index (χ3n) is 3.23. The van der Waals surface area contributed by atoms with Crippen LogP contribution in [0.5, 0.6) is 0 Å². The third-order valence-corrected chi connectivity index (χ3v) is 3.23. The van der Waals surface area contributed by atoms with E-state index >= 15 is 0 Å². The van der Waals surface area contributed by atoms with E-state index in [1.165, 1.54) is 12.8 Å². The van der Waals surface area contributed by atoms with Crippen molar-refractivity contribution in [2.45, 2.75) is 32.4 Å². The number of nitrogens with zero attached hydrogens (tertiary/aromatic N) is 2. The van der Waals surface area contributed by atoms with E-state index < -0.39 is 0 Å². The molecule has 2 aromatic rings. The predicted octanol–water partition coefficient (Wildman–Crippen LogP) is 2.56. The van der Waals surface area contributed by atoms with Crippen LogP contribution in [-0.2, 0) is 6.54 Å². The lowest BCUT2D eigenvalue weighted by Gasteiger charge is -2.09. The van der Waals surface area contributed by atoms with Crippen molar-refractivity contribution in [3.8, 4) is 11.5 Å². The van der Waals surface area contributed by atoms with Gasteiger partial charge < -0.3 is 15.1 Å². The van der Waals surface area contributed by atoms with Crippen LogP contribution < -0.4 is 10.6 Å². The summed E-state index contributed by atoms with van der Waals surface area (Å²) in [6.07, 6.45) is 4.13. The Bertz CT molecular complexity index is 602. The first-order chi connectivity index (χ1) is 10.3. The molecule has 0 radical (unpaired) electrons. The van der Waals surface area contributed by atoms with Crippen LogP contribution in [0.1, 0.15) is 25.5 Å². The van der Waals surface area contributed by atoms with Crippen LogP contribution in [-0.4, -0.2) is 23.5 Å². The summed E-state index contributed by atoms with van der Waals surface area (Å²) < 4.78 is 5.52. The highest BCUT2D eigenvalue weighted by Crippen LogP contribution is 2.19. The van der Waals surface area contributed by atoms with Gasteiger partial charge in [-0.15, -0.1) is 0 Å². The van der Waals surface area contributed by atoms with E-state index in [0.717, 1.165) is 23.8 Å². The summed E-state index contributed by atoms with van der Waals surface area (Å²) in [4.78, 5) is 9.02. The van der Waals surface area contributed by atoms with Gasteiger partial charge in [0.1, 0.15) is 12.0 Å². The molecule has 0 spiro atoms. The molecule has 5 heteroatoms. The van der Waals surface area contributed by atoms with E-state index in [9.17, 15) is 0 Å². The highest BCUT2D eigenvalue weighted by Gasteiger charge is 2.22. The van der Waals surface area contributed by atoms with Crippen molar-refractivity contribution in [3.05, 3.63) is 42.3 Å². The Morgan fingerprint density at radius 3 is 2.86 bits per heavy atom. The molecular weight excluding hydrogens is 264 g/mol. The summed E-state index contributed by atoms with van der Waals surface area (Å²) in [6.45, 7) is 3.43. The summed E-state index contributed by atoms with van der Waals surface area (Å²) in [5.74, 6) is 1.49. The molecule has 0 atom stereocenters. The van der Waals surface area contributed by atoms with E-state index in [1.54, 1.807) is 6.26 Å². The number of hydrogen-bond acceptors (Lipinski definition) is 3. The van der Waals surface area contributed by atoms with Gasteiger partial charge in [-0.2, -0.15) is 0 Å². The molecule has 1 aromatic carbocycles. The van der Waals surface area contributed by atoms with Crippen molar-refractivity contribution >= 4 is 5.96 Å². The molecule has 5 nitrogen and oxygen atoms in total. The molecule has 1 aliphatic carbocycles. The van der Waals surface area contributed by atoms with Crippen molar-refractivity contribution < 1.29 is 4.42 Å². The SMILES string of the molecule is CCNC(=NCc1coc(-c2ccccc2)n1)NC1CC1. The lowest BCUT2D eigenvalue weighted by molar-refractivity contribution is 0.572. The summed E-state index contributed by atoms with van der Waals surface area (Å²) >= 11 is 0. The molecule has 1 saturated carbocycles. The number of rotatable bonds is 5. The van der Waals surface area contributed by atoms with Crippen molar-refractivity contribution in [2.75, 3.05) is 6.54 Å². The van der Waals surface area contributed by atoms with Crippen molar-refractivity contribution in [3.63, 3.8) is 0 Å². The maximum absolute atomic E-state index is 5.52. The Hall–Kier alpha value is -2.30. The molecule has 2 N–H and O–H groups in total. The molecule has 0 amide bonds. The molecule has 1 aromatic heterocycles. The largest absolute Gasteiger partial charge is 0.444 e. The zero-order chi connectivity index (χ0) is 14.5. The van der Waals surface area contributed by atoms with Crippen LogP contribution in [0.2, 0.25) is 0 Å². The highest BCUT2D eigenvalue weighted by molar-refractivity contribution is 5.80. The molecule has 0 bridgehead atoms. The number of benzene rings is 1. The minimum Gasteiger partial charge on any atom is -0.444 e. The van der Waals surface area contributed by atoms with Crippen molar-refractivity contribution in [1.82, 2.24) is 15.6 Å². The maximum atomic E-state index is 5.52. The molecule has 0 saturated heterocycles. The van der Waals surface area contributed by atoms with E-state index in [-0.39, 0.29) is 0 Å². The normalized spacial score (nSPS) is 15.0. The summed E-state index contributed by atoms with van der Waals surface area (Å²) in [6, 6.07) is 10.5. The molecule has 0 aliphatic heterocycles. The molecule has 110 valence electrons. The number of guanidine groups is 1. The Kier molecular flexibility index (Phi) is 4.19. The molecular formula is C16H20N4O. The zero-order valence-corrected chi connectivity index (χ0v) is 12.2. The first-order valence-electron chi connectivity index (χ1n) is 7.40. The number of nitrogens with one attached hydrogen (secondary N) is 2. The van der Waals surface area contributed by atoms with Crippen LogP contribution in [0.3, 0.4) is 0 Å². The number of aromatic nitrogens is 1. The van der Waals surface area contributed by atoms with Crippen LogP contribution in [0.4, 0.5) is 0 Å². The topological polar surface area (TPSA) is 62.5 Å². The van der Waals surface area contributed by atoms with Gasteiger partial charge in [-0.05, 0) is 31.9 Å². The summed E-state index contributed by atoms with van der Waals surface area (Å²) in [5.41, 5.74) is 1.82. The summed E-state index contributed by atoms with van der Waals surface area (Å²) in [5, 5.41) is 6.62.